The van der Waals surface area contributed by atoms with Gasteiger partial charge in [0, 0.05) is 12.1 Å². The first-order valence-electron chi connectivity index (χ1n) is 7.45. The number of halogens is 1. The van der Waals surface area contributed by atoms with Gasteiger partial charge in [-0.15, -0.1) is 0 Å². The molecule has 0 bridgehead atoms. The van der Waals surface area contributed by atoms with Gasteiger partial charge in [-0.2, -0.15) is 0 Å². The molecule has 0 spiro atoms. The van der Waals surface area contributed by atoms with Crippen molar-refractivity contribution in [3.63, 3.8) is 0 Å². The highest BCUT2D eigenvalue weighted by Crippen LogP contribution is 2.36. The molecule has 0 aromatic heterocycles. The Kier molecular flexibility index (Phi) is 5.30. The molecule has 0 aliphatic heterocycles. The Morgan fingerprint density at radius 1 is 1.29 bits per heavy atom. The molecule has 1 aromatic rings. The van der Waals surface area contributed by atoms with Crippen LogP contribution in [0.5, 0.6) is 0 Å². The Morgan fingerprint density at radius 3 is 2.52 bits per heavy atom. The lowest BCUT2D eigenvalue weighted by Crippen LogP contribution is -2.52. The van der Waals surface area contributed by atoms with Crippen LogP contribution in [0.2, 0.25) is 5.02 Å². The third kappa shape index (κ3) is 3.77. The molecule has 0 atom stereocenters. The average Bonchev–Trinajstić information content (AvgIpc) is 2.42. The van der Waals surface area contributed by atoms with Crippen molar-refractivity contribution in [2.75, 3.05) is 6.54 Å². The molecule has 1 fully saturated rings. The summed E-state index contributed by atoms with van der Waals surface area (Å²) in [7, 11) is -3.58. The molecule has 1 aromatic carbocycles. The molecule has 21 heavy (non-hydrogen) atoms. The van der Waals surface area contributed by atoms with Gasteiger partial charge in [-0.1, -0.05) is 31.5 Å². The van der Waals surface area contributed by atoms with Crippen LogP contribution in [-0.2, 0) is 16.6 Å². The van der Waals surface area contributed by atoms with Crippen LogP contribution in [-0.4, -0.2) is 20.5 Å². The van der Waals surface area contributed by atoms with Gasteiger partial charge in [-0.05, 0) is 49.9 Å². The van der Waals surface area contributed by atoms with Crippen molar-refractivity contribution < 1.29 is 8.42 Å². The van der Waals surface area contributed by atoms with Gasteiger partial charge >= 0.3 is 0 Å². The second kappa shape index (κ2) is 6.65. The quantitative estimate of drug-likeness (QED) is 0.807. The Morgan fingerprint density at radius 2 is 2.00 bits per heavy atom. The molecule has 1 aliphatic rings. The third-order valence-electron chi connectivity index (χ3n) is 4.20. The van der Waals surface area contributed by atoms with Crippen LogP contribution in [0, 0.1) is 0 Å². The third-order valence-corrected chi connectivity index (χ3v) is 6.26. The monoisotopic (exact) mass is 330 g/mol. The first-order chi connectivity index (χ1) is 9.92. The largest absolute Gasteiger partial charge is 0.313 e. The van der Waals surface area contributed by atoms with Crippen LogP contribution in [0.15, 0.2) is 23.1 Å². The molecule has 118 valence electrons. The molecular formula is C15H23ClN2O2S. The molecule has 2 rings (SSSR count). The number of sulfonamides is 1. The summed E-state index contributed by atoms with van der Waals surface area (Å²) in [6.45, 7) is 5.50. The Hall–Kier alpha value is -0.620. The topological polar surface area (TPSA) is 58.2 Å². The Balaban J connectivity index is 2.26. The highest BCUT2D eigenvalue weighted by molar-refractivity contribution is 7.89. The van der Waals surface area contributed by atoms with Gasteiger partial charge in [-0.3, -0.25) is 0 Å². The normalized spacial score (nSPS) is 17.5. The van der Waals surface area contributed by atoms with E-state index in [0.717, 1.165) is 37.8 Å². The van der Waals surface area contributed by atoms with E-state index in [1.54, 1.807) is 12.1 Å². The minimum absolute atomic E-state index is 0.180. The zero-order valence-corrected chi connectivity index (χ0v) is 14.1. The maximum Gasteiger partial charge on any atom is 0.242 e. The lowest BCUT2D eigenvalue weighted by Gasteiger charge is -2.41. The Bertz CT molecular complexity index is 592. The summed E-state index contributed by atoms with van der Waals surface area (Å²) in [5.74, 6) is 0. The van der Waals surface area contributed by atoms with Crippen LogP contribution in [0.25, 0.3) is 0 Å². The summed E-state index contributed by atoms with van der Waals surface area (Å²) >= 11 is 6.11. The van der Waals surface area contributed by atoms with Crippen LogP contribution in [0.4, 0.5) is 0 Å². The maximum atomic E-state index is 12.6. The predicted octanol–water partition coefficient (Wildman–Crippen LogP) is 3.06. The molecule has 6 heteroatoms. The Labute approximate surface area is 132 Å². The number of hydrogen-bond acceptors (Lipinski definition) is 3. The van der Waals surface area contributed by atoms with Crippen molar-refractivity contribution in [3.05, 3.63) is 28.8 Å². The highest BCUT2D eigenvalue weighted by Gasteiger charge is 2.39. The van der Waals surface area contributed by atoms with E-state index in [9.17, 15) is 8.42 Å². The highest BCUT2D eigenvalue weighted by atomic mass is 35.5. The van der Waals surface area contributed by atoms with Crippen molar-refractivity contribution in [2.24, 2.45) is 0 Å². The molecule has 1 saturated carbocycles. The predicted molar refractivity (Wildman–Crippen MR) is 86.0 cm³/mol. The van der Waals surface area contributed by atoms with Gasteiger partial charge in [0.05, 0.1) is 5.02 Å². The maximum absolute atomic E-state index is 12.6. The summed E-state index contributed by atoms with van der Waals surface area (Å²) in [6.07, 6.45) is 3.68. The summed E-state index contributed by atoms with van der Waals surface area (Å²) < 4.78 is 28.1. The molecule has 0 amide bonds. The molecule has 0 saturated heterocycles. The number of nitrogens with one attached hydrogen (secondary N) is 2. The van der Waals surface area contributed by atoms with Crippen LogP contribution < -0.4 is 10.0 Å². The fourth-order valence-electron chi connectivity index (χ4n) is 2.60. The van der Waals surface area contributed by atoms with Crippen molar-refractivity contribution >= 4 is 21.6 Å². The number of hydrogen-bond donors (Lipinski definition) is 2. The van der Waals surface area contributed by atoms with E-state index in [0.29, 0.717) is 6.54 Å². The molecule has 4 nitrogen and oxygen atoms in total. The van der Waals surface area contributed by atoms with Gasteiger partial charge in [0.2, 0.25) is 10.0 Å². The first kappa shape index (κ1) is 16.7. The fourth-order valence-corrected chi connectivity index (χ4v) is 4.69. The van der Waals surface area contributed by atoms with Crippen molar-refractivity contribution in [1.29, 1.82) is 0 Å². The number of rotatable bonds is 7. The van der Waals surface area contributed by atoms with Crippen molar-refractivity contribution in [2.45, 2.75) is 56.5 Å². The minimum Gasteiger partial charge on any atom is -0.313 e. The second-order valence-corrected chi connectivity index (χ2v) is 7.70. The molecule has 0 unspecified atom stereocenters. The number of benzene rings is 1. The van der Waals surface area contributed by atoms with E-state index in [1.807, 2.05) is 19.9 Å². The van der Waals surface area contributed by atoms with E-state index in [4.69, 9.17) is 11.6 Å². The minimum atomic E-state index is -3.58. The molecular weight excluding hydrogens is 308 g/mol. The van der Waals surface area contributed by atoms with Gasteiger partial charge < -0.3 is 5.32 Å². The van der Waals surface area contributed by atoms with Gasteiger partial charge in [-0.25, -0.2) is 13.1 Å². The van der Waals surface area contributed by atoms with Crippen molar-refractivity contribution in [1.82, 2.24) is 10.0 Å². The summed E-state index contributed by atoms with van der Waals surface area (Å²) in [4.78, 5) is 0.180. The summed E-state index contributed by atoms with van der Waals surface area (Å²) in [5, 5.41) is 3.46. The van der Waals surface area contributed by atoms with E-state index in [-0.39, 0.29) is 15.5 Å². The second-order valence-electron chi connectivity index (χ2n) is 5.64. The smallest absolute Gasteiger partial charge is 0.242 e. The average molecular weight is 331 g/mol. The summed E-state index contributed by atoms with van der Waals surface area (Å²) in [6, 6.07) is 5.17. The van der Waals surface area contributed by atoms with Gasteiger partial charge in [0.15, 0.2) is 0 Å². The van der Waals surface area contributed by atoms with E-state index >= 15 is 0 Å². The van der Waals surface area contributed by atoms with Gasteiger partial charge in [0.25, 0.3) is 0 Å². The molecule has 0 radical (unpaired) electrons. The van der Waals surface area contributed by atoms with E-state index in [1.165, 1.54) is 0 Å². The molecule has 0 heterocycles. The zero-order chi connectivity index (χ0) is 15.5. The van der Waals surface area contributed by atoms with E-state index in [2.05, 4.69) is 10.0 Å². The lowest BCUT2D eigenvalue weighted by molar-refractivity contribution is 0.214. The fraction of sp³-hybridized carbons (Fsp3) is 0.600. The lowest BCUT2D eigenvalue weighted by atomic mass is 9.76. The first-order valence-corrected chi connectivity index (χ1v) is 9.32. The van der Waals surface area contributed by atoms with Crippen LogP contribution >= 0.6 is 11.6 Å². The van der Waals surface area contributed by atoms with Crippen LogP contribution in [0.3, 0.4) is 0 Å². The van der Waals surface area contributed by atoms with Crippen molar-refractivity contribution in [3.8, 4) is 0 Å². The van der Waals surface area contributed by atoms with E-state index < -0.39 is 10.0 Å². The standard InChI is InChI=1S/C15H23ClN2O2S/c1-3-15(8-5-9-15)18-21(19,20)14-10-12(11-17-4-2)6-7-13(14)16/h6-7,10,17-18H,3-5,8-9,11H2,1-2H3. The molecule has 2 N–H and O–H groups in total. The molecule has 1 aliphatic carbocycles. The van der Waals surface area contributed by atoms with Crippen LogP contribution in [0.1, 0.15) is 45.1 Å². The SMILES string of the molecule is CCNCc1ccc(Cl)c(S(=O)(=O)NC2(CC)CCC2)c1. The van der Waals surface area contributed by atoms with Gasteiger partial charge in [0.1, 0.15) is 4.90 Å². The zero-order valence-electron chi connectivity index (χ0n) is 12.6. The summed E-state index contributed by atoms with van der Waals surface area (Å²) in [5.41, 5.74) is 0.639.